The number of ketones is 1. The highest BCUT2D eigenvalue weighted by molar-refractivity contribution is 8.16. The predicted molar refractivity (Wildman–Crippen MR) is 101 cm³/mol. The van der Waals surface area contributed by atoms with Crippen LogP contribution in [0.5, 0.6) is 0 Å². The van der Waals surface area contributed by atoms with E-state index < -0.39 is 40.0 Å². The summed E-state index contributed by atoms with van der Waals surface area (Å²) in [4.78, 5) is 60.1. The van der Waals surface area contributed by atoms with Crippen LogP contribution in [-0.4, -0.2) is 52.7 Å². The van der Waals surface area contributed by atoms with Gasteiger partial charge in [0, 0.05) is 10.7 Å². The molecule has 0 rings (SSSR count). The molecule has 1 amide bonds. The molecule has 0 saturated heterocycles. The van der Waals surface area contributed by atoms with Crippen molar-refractivity contribution in [3.63, 3.8) is 0 Å². The number of thioether (sulfide) groups is 1. The third-order valence-electron chi connectivity index (χ3n) is 3.76. The van der Waals surface area contributed by atoms with Gasteiger partial charge < -0.3 is 14.8 Å². The number of Topliss-reactive ketones (excluding diaryl/α,β-unsaturated/α-hetero) is 1. The highest BCUT2D eigenvalue weighted by Crippen LogP contribution is 2.30. The van der Waals surface area contributed by atoms with Crippen molar-refractivity contribution >= 4 is 40.5 Å². The average Bonchev–Trinajstić information content (AvgIpc) is 2.58. The Hall–Kier alpha value is -1.90. The molecule has 2 atom stereocenters. The lowest BCUT2D eigenvalue weighted by Gasteiger charge is -2.32. The summed E-state index contributed by atoms with van der Waals surface area (Å²) >= 11 is 0.582. The Morgan fingerprint density at radius 3 is 2.04 bits per heavy atom. The summed E-state index contributed by atoms with van der Waals surface area (Å²) < 4.78 is 8.49. The summed E-state index contributed by atoms with van der Waals surface area (Å²) in [6.07, 6.45) is -0.0923. The monoisotopic (exact) mass is 403 g/mol. The van der Waals surface area contributed by atoms with Crippen molar-refractivity contribution in [3.8, 4) is 0 Å². The maximum Gasteiger partial charge on any atom is 0.330 e. The number of ether oxygens (including phenoxy) is 2. The number of esters is 2. The molecule has 0 bridgehead atoms. The topological polar surface area (TPSA) is 116 Å². The molecule has 9 heteroatoms. The molecule has 0 aromatic heterocycles. The molecule has 0 aliphatic heterocycles. The Kier molecular flexibility index (Phi) is 10.9. The minimum atomic E-state index is -1.17. The third-order valence-corrected chi connectivity index (χ3v) is 4.93. The molecule has 8 nitrogen and oxygen atoms in total. The van der Waals surface area contributed by atoms with Crippen LogP contribution >= 0.6 is 11.8 Å². The summed E-state index contributed by atoms with van der Waals surface area (Å²) in [5.41, 5.74) is 0. The van der Waals surface area contributed by atoms with Crippen LogP contribution in [-0.2, 0) is 33.4 Å². The number of hydrogen-bond acceptors (Lipinski definition) is 8. The Balaban J connectivity index is 5.28. The highest BCUT2D eigenvalue weighted by Gasteiger charge is 2.41. The van der Waals surface area contributed by atoms with Crippen LogP contribution in [0.4, 0.5) is 0 Å². The van der Waals surface area contributed by atoms with Crippen molar-refractivity contribution in [1.29, 1.82) is 0 Å². The van der Waals surface area contributed by atoms with Crippen molar-refractivity contribution in [1.82, 2.24) is 5.32 Å². The van der Waals surface area contributed by atoms with Crippen LogP contribution in [0.3, 0.4) is 0 Å². The van der Waals surface area contributed by atoms with Crippen LogP contribution in [0.15, 0.2) is 0 Å². The van der Waals surface area contributed by atoms with Crippen LogP contribution in [0.2, 0.25) is 0 Å². The lowest BCUT2D eigenvalue weighted by Crippen LogP contribution is -2.54. The molecule has 0 fully saturated rings. The second kappa shape index (κ2) is 11.7. The summed E-state index contributed by atoms with van der Waals surface area (Å²) in [6.45, 7) is 10.1. The van der Waals surface area contributed by atoms with E-state index in [1.807, 2.05) is 6.92 Å². The van der Waals surface area contributed by atoms with E-state index in [2.05, 4.69) is 10.1 Å². The number of amides is 1. The Morgan fingerprint density at radius 1 is 1.00 bits per heavy atom. The Bertz CT molecular complexity index is 574. The summed E-state index contributed by atoms with van der Waals surface area (Å²) in [6, 6.07) is -1.14. The Morgan fingerprint density at radius 2 is 1.56 bits per heavy atom. The first-order chi connectivity index (χ1) is 12.5. The molecular formula is C18H29NO7S. The van der Waals surface area contributed by atoms with Crippen molar-refractivity contribution in [2.75, 3.05) is 13.2 Å². The molecule has 0 spiro atoms. The minimum absolute atomic E-state index is 0.102. The molecule has 0 aromatic carbocycles. The fraction of sp³-hybridized carbons (Fsp3) is 0.722. The van der Waals surface area contributed by atoms with Gasteiger partial charge in [-0.1, -0.05) is 25.6 Å². The van der Waals surface area contributed by atoms with E-state index in [9.17, 15) is 24.0 Å². The largest absolute Gasteiger partial charge is 0.466 e. The van der Waals surface area contributed by atoms with Gasteiger partial charge in [-0.05, 0) is 34.1 Å². The van der Waals surface area contributed by atoms with E-state index in [0.717, 1.165) is 0 Å². The molecule has 0 radical (unpaired) electrons. The van der Waals surface area contributed by atoms with Gasteiger partial charge in [-0.15, -0.1) is 0 Å². The van der Waals surface area contributed by atoms with Gasteiger partial charge in [-0.25, -0.2) is 4.79 Å². The van der Waals surface area contributed by atoms with Crippen LogP contribution in [0, 0.1) is 5.92 Å². The molecule has 0 aromatic rings. The average molecular weight is 403 g/mol. The lowest BCUT2D eigenvalue weighted by molar-refractivity contribution is -0.149. The van der Waals surface area contributed by atoms with Gasteiger partial charge in [-0.2, -0.15) is 0 Å². The van der Waals surface area contributed by atoms with E-state index in [1.54, 1.807) is 34.6 Å². The van der Waals surface area contributed by atoms with E-state index >= 15 is 0 Å². The predicted octanol–water partition coefficient (Wildman–Crippen LogP) is 1.64. The number of hydrogen-bond donors (Lipinski definition) is 1. The van der Waals surface area contributed by atoms with Crippen molar-refractivity contribution in [2.24, 2.45) is 5.92 Å². The van der Waals surface area contributed by atoms with Gasteiger partial charge in [0.05, 0.1) is 13.2 Å². The van der Waals surface area contributed by atoms with Gasteiger partial charge >= 0.3 is 11.9 Å². The van der Waals surface area contributed by atoms with Crippen LogP contribution in [0.1, 0.15) is 54.4 Å². The van der Waals surface area contributed by atoms with Gasteiger partial charge in [0.15, 0.2) is 0 Å². The maximum atomic E-state index is 12.3. The van der Waals surface area contributed by atoms with E-state index in [0.29, 0.717) is 18.2 Å². The molecule has 0 aliphatic rings. The molecule has 0 heterocycles. The molecule has 27 heavy (non-hydrogen) atoms. The van der Waals surface area contributed by atoms with E-state index in [-0.39, 0.29) is 25.0 Å². The molecule has 0 aliphatic carbocycles. The van der Waals surface area contributed by atoms with E-state index in [4.69, 9.17) is 4.74 Å². The maximum absolute atomic E-state index is 12.3. The standard InChI is InChI=1S/C18H29NO7S/c1-7-11(4)15(22)19-14(16(23)26-9-3)18(5,6)27-17(24)12(20)10-13(21)25-8-2/h11,14H,7-10H2,1-6H3,(H,19,22). The molecule has 0 saturated carbocycles. The van der Waals surface area contributed by atoms with Gasteiger partial charge in [0.25, 0.3) is 5.12 Å². The highest BCUT2D eigenvalue weighted by atomic mass is 32.2. The lowest BCUT2D eigenvalue weighted by atomic mass is 10.0. The normalized spacial score (nSPS) is 13.3. The zero-order valence-electron chi connectivity index (χ0n) is 16.7. The Labute approximate surface area is 164 Å². The smallest absolute Gasteiger partial charge is 0.330 e. The number of nitrogens with one attached hydrogen (secondary N) is 1. The SMILES string of the molecule is CCOC(=O)CC(=O)C(=O)SC(C)(C)C(NC(=O)C(C)CC)C(=O)OCC. The summed E-state index contributed by atoms with van der Waals surface area (Å²) in [7, 11) is 0. The van der Waals surface area contributed by atoms with Gasteiger partial charge in [0.2, 0.25) is 11.7 Å². The van der Waals surface area contributed by atoms with Crippen molar-refractivity contribution in [3.05, 3.63) is 0 Å². The molecule has 2 unspecified atom stereocenters. The first kappa shape index (κ1) is 25.1. The quantitative estimate of drug-likeness (QED) is 0.314. The number of rotatable bonds is 11. The molecular weight excluding hydrogens is 374 g/mol. The first-order valence-electron chi connectivity index (χ1n) is 8.88. The van der Waals surface area contributed by atoms with Crippen molar-refractivity contribution < 1.29 is 33.4 Å². The van der Waals surface area contributed by atoms with Gasteiger partial charge in [-0.3, -0.25) is 19.2 Å². The second-order valence-corrected chi connectivity index (χ2v) is 8.03. The van der Waals surface area contributed by atoms with Crippen molar-refractivity contribution in [2.45, 2.75) is 65.2 Å². The zero-order valence-corrected chi connectivity index (χ0v) is 17.6. The molecule has 1 N–H and O–H groups in total. The second-order valence-electron chi connectivity index (χ2n) is 6.40. The van der Waals surface area contributed by atoms with E-state index in [1.165, 1.54) is 0 Å². The van der Waals surface area contributed by atoms with Crippen LogP contribution < -0.4 is 5.32 Å². The minimum Gasteiger partial charge on any atom is -0.466 e. The fourth-order valence-corrected chi connectivity index (χ4v) is 2.92. The van der Waals surface area contributed by atoms with Crippen LogP contribution in [0.25, 0.3) is 0 Å². The number of carbonyl (C=O) groups is 5. The summed E-state index contributed by atoms with van der Waals surface area (Å²) in [5.74, 6) is -3.10. The third kappa shape index (κ3) is 8.55. The van der Waals surface area contributed by atoms with Gasteiger partial charge in [0.1, 0.15) is 12.5 Å². The fourth-order valence-electron chi connectivity index (χ4n) is 1.98. The number of carbonyl (C=O) groups excluding carboxylic acids is 5. The summed E-state index contributed by atoms with van der Waals surface area (Å²) in [5, 5.41) is 1.72. The molecule has 154 valence electrons. The zero-order chi connectivity index (χ0) is 21.2. The first-order valence-corrected chi connectivity index (χ1v) is 9.70.